The minimum absolute atomic E-state index is 0.229. The van der Waals surface area contributed by atoms with Gasteiger partial charge in [0, 0.05) is 17.1 Å². The van der Waals surface area contributed by atoms with Crippen molar-refractivity contribution in [3.63, 3.8) is 0 Å². The highest BCUT2D eigenvalue weighted by molar-refractivity contribution is 9.09. The van der Waals surface area contributed by atoms with E-state index >= 15 is 0 Å². The molecule has 0 aliphatic rings. The Balaban J connectivity index is 3.18. The SMILES string of the molecule is CS(=O)(=O)c1ccc(OCCBr)cc1C(F)F. The van der Waals surface area contributed by atoms with E-state index in [9.17, 15) is 17.2 Å². The predicted octanol–water partition coefficient (Wildman–Crippen LogP) is 2.80. The minimum Gasteiger partial charge on any atom is -0.493 e. The zero-order chi connectivity index (χ0) is 13.1. The molecule has 0 heterocycles. The van der Waals surface area contributed by atoms with E-state index in [0.29, 0.717) is 11.9 Å². The van der Waals surface area contributed by atoms with Crippen LogP contribution in [-0.4, -0.2) is 26.6 Å². The quantitative estimate of drug-likeness (QED) is 0.780. The van der Waals surface area contributed by atoms with Crippen LogP contribution in [0.5, 0.6) is 5.75 Å². The van der Waals surface area contributed by atoms with Crippen molar-refractivity contribution in [1.82, 2.24) is 0 Å². The maximum atomic E-state index is 12.7. The molecular formula is C10H11BrF2O3S. The van der Waals surface area contributed by atoms with Crippen LogP contribution in [0.4, 0.5) is 8.78 Å². The summed E-state index contributed by atoms with van der Waals surface area (Å²) in [5.41, 5.74) is -0.528. The van der Waals surface area contributed by atoms with E-state index in [1.807, 2.05) is 0 Å². The number of ether oxygens (including phenoxy) is 1. The van der Waals surface area contributed by atoms with Gasteiger partial charge in [-0.1, -0.05) is 15.9 Å². The van der Waals surface area contributed by atoms with Gasteiger partial charge in [0.05, 0.1) is 11.5 Å². The molecule has 0 aliphatic heterocycles. The first-order valence-corrected chi connectivity index (χ1v) is 7.68. The molecule has 96 valence electrons. The maximum absolute atomic E-state index is 12.7. The number of benzene rings is 1. The van der Waals surface area contributed by atoms with E-state index < -0.39 is 21.8 Å². The van der Waals surface area contributed by atoms with Crippen LogP contribution in [0.2, 0.25) is 0 Å². The minimum atomic E-state index is -3.66. The van der Waals surface area contributed by atoms with Crippen LogP contribution >= 0.6 is 15.9 Å². The van der Waals surface area contributed by atoms with Crippen LogP contribution in [0.3, 0.4) is 0 Å². The number of rotatable bonds is 5. The summed E-state index contributed by atoms with van der Waals surface area (Å²) in [6, 6.07) is 3.56. The average molecular weight is 329 g/mol. The number of hydrogen-bond acceptors (Lipinski definition) is 3. The summed E-state index contributed by atoms with van der Waals surface area (Å²) in [7, 11) is -3.66. The molecule has 7 heteroatoms. The molecule has 0 aromatic heterocycles. The first-order valence-electron chi connectivity index (χ1n) is 4.67. The van der Waals surface area contributed by atoms with E-state index in [-0.39, 0.29) is 10.6 Å². The summed E-state index contributed by atoms with van der Waals surface area (Å²) < 4.78 is 53.2. The van der Waals surface area contributed by atoms with Gasteiger partial charge in [-0.15, -0.1) is 0 Å². The Morgan fingerprint density at radius 1 is 1.41 bits per heavy atom. The topological polar surface area (TPSA) is 43.4 Å². The summed E-state index contributed by atoms with van der Waals surface area (Å²) in [6.07, 6.45) is -1.96. The Morgan fingerprint density at radius 3 is 2.53 bits per heavy atom. The van der Waals surface area contributed by atoms with Crippen LogP contribution in [0, 0.1) is 0 Å². The lowest BCUT2D eigenvalue weighted by Gasteiger charge is -2.10. The van der Waals surface area contributed by atoms with Gasteiger partial charge in [-0.2, -0.15) is 0 Å². The first kappa shape index (κ1) is 14.4. The highest BCUT2D eigenvalue weighted by Crippen LogP contribution is 2.30. The molecule has 0 saturated carbocycles. The van der Waals surface area contributed by atoms with Gasteiger partial charge in [-0.25, -0.2) is 17.2 Å². The van der Waals surface area contributed by atoms with Crippen LogP contribution in [0.25, 0.3) is 0 Å². The van der Waals surface area contributed by atoms with Gasteiger partial charge in [0.1, 0.15) is 5.75 Å². The Hall–Kier alpha value is -0.690. The Morgan fingerprint density at radius 2 is 2.06 bits per heavy atom. The van der Waals surface area contributed by atoms with E-state index in [0.717, 1.165) is 18.4 Å². The Kier molecular flexibility index (Phi) is 4.88. The van der Waals surface area contributed by atoms with Gasteiger partial charge in [0.15, 0.2) is 9.84 Å². The molecule has 1 aromatic rings. The largest absolute Gasteiger partial charge is 0.493 e. The van der Waals surface area contributed by atoms with Gasteiger partial charge in [-0.3, -0.25) is 0 Å². The summed E-state index contributed by atoms with van der Waals surface area (Å²) in [4.78, 5) is -0.362. The van der Waals surface area contributed by atoms with Gasteiger partial charge >= 0.3 is 0 Å². The van der Waals surface area contributed by atoms with Crippen molar-refractivity contribution >= 4 is 25.8 Å². The molecule has 0 atom stereocenters. The zero-order valence-corrected chi connectivity index (χ0v) is 11.4. The lowest BCUT2D eigenvalue weighted by Crippen LogP contribution is -2.04. The molecule has 0 aliphatic carbocycles. The van der Waals surface area contributed by atoms with Crippen LogP contribution in [0.1, 0.15) is 12.0 Å². The molecule has 0 N–H and O–H groups in total. The van der Waals surface area contributed by atoms with Crippen molar-refractivity contribution in [2.45, 2.75) is 11.3 Å². The third-order valence-electron chi connectivity index (χ3n) is 1.96. The number of hydrogen-bond donors (Lipinski definition) is 0. The van der Waals surface area contributed by atoms with Crippen molar-refractivity contribution in [2.24, 2.45) is 0 Å². The van der Waals surface area contributed by atoms with E-state index in [2.05, 4.69) is 15.9 Å². The molecule has 0 saturated heterocycles. The van der Waals surface area contributed by atoms with E-state index in [1.54, 1.807) is 0 Å². The highest BCUT2D eigenvalue weighted by Gasteiger charge is 2.20. The molecule has 0 unspecified atom stereocenters. The second-order valence-electron chi connectivity index (χ2n) is 3.31. The van der Waals surface area contributed by atoms with Crippen LogP contribution < -0.4 is 4.74 Å². The summed E-state index contributed by atoms with van der Waals surface area (Å²) in [6.45, 7) is 0.320. The Labute approximate surface area is 107 Å². The molecule has 3 nitrogen and oxygen atoms in total. The summed E-state index contributed by atoms with van der Waals surface area (Å²) in [5.74, 6) is 0.229. The predicted molar refractivity (Wildman–Crippen MR) is 63.8 cm³/mol. The molecule has 1 rings (SSSR count). The van der Waals surface area contributed by atoms with Crippen molar-refractivity contribution < 1.29 is 21.9 Å². The van der Waals surface area contributed by atoms with E-state index in [1.165, 1.54) is 6.07 Å². The third kappa shape index (κ3) is 3.92. The average Bonchev–Trinajstić information content (AvgIpc) is 2.24. The van der Waals surface area contributed by atoms with Gasteiger partial charge in [0.2, 0.25) is 0 Å². The monoisotopic (exact) mass is 328 g/mol. The first-order chi connectivity index (χ1) is 7.86. The molecule has 0 bridgehead atoms. The molecular weight excluding hydrogens is 318 g/mol. The summed E-state index contributed by atoms with van der Waals surface area (Å²) in [5, 5.41) is 0.560. The van der Waals surface area contributed by atoms with Crippen molar-refractivity contribution in [1.29, 1.82) is 0 Å². The van der Waals surface area contributed by atoms with Gasteiger partial charge < -0.3 is 4.74 Å². The molecule has 0 amide bonds. The Bertz CT molecular complexity index is 488. The lowest BCUT2D eigenvalue weighted by molar-refractivity contribution is 0.147. The molecule has 17 heavy (non-hydrogen) atoms. The molecule has 0 fully saturated rings. The van der Waals surface area contributed by atoms with Crippen LogP contribution in [0.15, 0.2) is 23.1 Å². The molecule has 0 radical (unpaired) electrons. The highest BCUT2D eigenvalue weighted by atomic mass is 79.9. The fraction of sp³-hybridized carbons (Fsp3) is 0.400. The lowest BCUT2D eigenvalue weighted by atomic mass is 10.2. The zero-order valence-electron chi connectivity index (χ0n) is 8.99. The smallest absolute Gasteiger partial charge is 0.265 e. The standard InChI is InChI=1S/C10H11BrF2O3S/c1-17(14,15)9-3-2-7(16-5-4-11)6-8(9)10(12)13/h2-3,6,10H,4-5H2,1H3. The van der Waals surface area contributed by atoms with E-state index in [4.69, 9.17) is 4.74 Å². The second kappa shape index (κ2) is 5.77. The number of sulfone groups is 1. The third-order valence-corrected chi connectivity index (χ3v) is 3.46. The number of alkyl halides is 3. The second-order valence-corrected chi connectivity index (χ2v) is 6.09. The summed E-state index contributed by atoms with van der Waals surface area (Å²) >= 11 is 3.13. The fourth-order valence-electron chi connectivity index (χ4n) is 1.28. The maximum Gasteiger partial charge on any atom is 0.265 e. The van der Waals surface area contributed by atoms with Crippen molar-refractivity contribution in [3.8, 4) is 5.75 Å². The normalized spacial score (nSPS) is 11.8. The molecule has 1 aromatic carbocycles. The van der Waals surface area contributed by atoms with Crippen molar-refractivity contribution in [3.05, 3.63) is 23.8 Å². The van der Waals surface area contributed by atoms with Gasteiger partial charge in [-0.05, 0) is 18.2 Å². The van der Waals surface area contributed by atoms with Crippen LogP contribution in [-0.2, 0) is 9.84 Å². The van der Waals surface area contributed by atoms with Crippen molar-refractivity contribution in [2.75, 3.05) is 18.2 Å². The fourth-order valence-corrected chi connectivity index (χ4v) is 2.33. The van der Waals surface area contributed by atoms with Gasteiger partial charge in [0.25, 0.3) is 6.43 Å². The molecule has 0 spiro atoms. The number of halogens is 3.